The molecule has 0 radical (unpaired) electrons. The fourth-order valence-electron chi connectivity index (χ4n) is 2.79. The largest absolute Gasteiger partial charge is 0.493 e. The molecule has 0 aliphatic rings. The smallest absolute Gasteiger partial charge is 0.387 e. The van der Waals surface area contributed by atoms with Gasteiger partial charge in [-0.2, -0.15) is 13.9 Å². The number of ether oxygens (including phenoxy) is 3. The summed E-state index contributed by atoms with van der Waals surface area (Å²) in [5, 5.41) is 6.83. The first-order valence-electron chi connectivity index (χ1n) is 9.03. The summed E-state index contributed by atoms with van der Waals surface area (Å²) in [5.41, 5.74) is 2.67. The van der Waals surface area contributed by atoms with Crippen LogP contribution in [0.1, 0.15) is 21.6 Å². The van der Waals surface area contributed by atoms with Crippen LogP contribution < -0.4 is 19.5 Å². The molecule has 0 fully saturated rings. The number of anilines is 1. The minimum Gasteiger partial charge on any atom is -0.493 e. The van der Waals surface area contributed by atoms with Gasteiger partial charge in [-0.25, -0.2) is 4.68 Å². The van der Waals surface area contributed by atoms with Crippen molar-refractivity contribution in [1.82, 2.24) is 9.78 Å². The molecule has 9 heteroatoms. The van der Waals surface area contributed by atoms with Crippen molar-refractivity contribution >= 4 is 11.6 Å². The van der Waals surface area contributed by atoms with Gasteiger partial charge in [0, 0.05) is 18.0 Å². The number of methoxy groups -OCH3 is 1. The van der Waals surface area contributed by atoms with Gasteiger partial charge >= 0.3 is 6.61 Å². The number of benzene rings is 2. The number of aromatic nitrogens is 2. The van der Waals surface area contributed by atoms with E-state index in [-0.39, 0.29) is 23.9 Å². The van der Waals surface area contributed by atoms with Crippen molar-refractivity contribution in [1.29, 1.82) is 0 Å². The van der Waals surface area contributed by atoms with Gasteiger partial charge in [-0.1, -0.05) is 17.7 Å². The first-order chi connectivity index (χ1) is 14.4. The number of alkyl halides is 2. The molecule has 158 valence electrons. The second-order valence-electron chi connectivity index (χ2n) is 6.48. The van der Waals surface area contributed by atoms with E-state index < -0.39 is 12.5 Å². The molecule has 0 unspecified atom stereocenters. The number of halogens is 2. The number of hydrogen-bond donors (Lipinski definition) is 1. The van der Waals surface area contributed by atoms with E-state index in [0.29, 0.717) is 5.69 Å². The third-order valence-corrected chi connectivity index (χ3v) is 4.19. The zero-order chi connectivity index (χ0) is 21.7. The highest BCUT2D eigenvalue weighted by Crippen LogP contribution is 2.31. The Morgan fingerprint density at radius 2 is 1.87 bits per heavy atom. The zero-order valence-electron chi connectivity index (χ0n) is 16.7. The van der Waals surface area contributed by atoms with Gasteiger partial charge in [-0.15, -0.1) is 0 Å². The summed E-state index contributed by atoms with van der Waals surface area (Å²) >= 11 is 0. The monoisotopic (exact) mass is 417 g/mol. The van der Waals surface area contributed by atoms with Crippen molar-refractivity contribution < 1.29 is 27.8 Å². The predicted octanol–water partition coefficient (Wildman–Crippen LogP) is 4.40. The molecule has 1 N–H and O–H groups in total. The Morgan fingerprint density at radius 1 is 1.10 bits per heavy atom. The molecule has 0 saturated carbocycles. The average molecular weight is 417 g/mol. The summed E-state index contributed by atoms with van der Waals surface area (Å²) < 4.78 is 41.4. The molecule has 1 aromatic heterocycles. The highest BCUT2D eigenvalue weighted by Gasteiger charge is 2.14. The molecule has 0 saturated heterocycles. The number of nitrogens with one attached hydrogen (secondary N) is 1. The van der Waals surface area contributed by atoms with Crippen molar-refractivity contribution in [3.8, 4) is 17.2 Å². The fraction of sp³-hybridized carbons (Fsp3) is 0.238. The summed E-state index contributed by atoms with van der Waals surface area (Å²) in [5.74, 6) is 0.212. The van der Waals surface area contributed by atoms with E-state index in [0.717, 1.165) is 16.9 Å². The van der Waals surface area contributed by atoms with E-state index in [1.165, 1.54) is 30.0 Å². The van der Waals surface area contributed by atoms with Gasteiger partial charge in [0.1, 0.15) is 5.75 Å². The Morgan fingerprint density at radius 3 is 2.57 bits per heavy atom. The fourth-order valence-corrected chi connectivity index (χ4v) is 2.79. The van der Waals surface area contributed by atoms with E-state index in [1.807, 2.05) is 32.0 Å². The number of aryl methyl sites for hydroxylation is 2. The number of amides is 1. The van der Waals surface area contributed by atoms with Crippen LogP contribution >= 0.6 is 0 Å². The molecular formula is C21H21F2N3O4. The van der Waals surface area contributed by atoms with Gasteiger partial charge < -0.3 is 19.5 Å². The van der Waals surface area contributed by atoms with E-state index >= 15 is 0 Å². The molecule has 7 nitrogen and oxygen atoms in total. The molecule has 3 aromatic rings. The summed E-state index contributed by atoms with van der Waals surface area (Å²) in [6.07, 6.45) is 1.62. The first kappa shape index (κ1) is 21.1. The molecular weight excluding hydrogens is 396 g/mol. The van der Waals surface area contributed by atoms with Gasteiger partial charge in [-0.3, -0.25) is 4.79 Å². The first-order valence-corrected chi connectivity index (χ1v) is 9.03. The van der Waals surface area contributed by atoms with Crippen LogP contribution in [0.15, 0.2) is 48.7 Å². The molecule has 30 heavy (non-hydrogen) atoms. The summed E-state index contributed by atoms with van der Waals surface area (Å²) in [7, 11) is 1.32. The lowest BCUT2D eigenvalue weighted by Crippen LogP contribution is -2.14. The molecule has 3 rings (SSSR count). The number of hydrogen-bond acceptors (Lipinski definition) is 5. The maximum atomic E-state index is 12.4. The van der Waals surface area contributed by atoms with Crippen LogP contribution in [0.25, 0.3) is 0 Å². The number of nitrogens with zero attached hydrogens (tertiary/aromatic N) is 2. The Kier molecular flexibility index (Phi) is 6.51. The molecule has 1 heterocycles. The summed E-state index contributed by atoms with van der Waals surface area (Å²) in [6, 6.07) is 11.5. The van der Waals surface area contributed by atoms with Crippen LogP contribution in [0, 0.1) is 13.8 Å². The third-order valence-electron chi connectivity index (χ3n) is 4.19. The zero-order valence-corrected chi connectivity index (χ0v) is 16.7. The molecule has 0 spiro atoms. The second kappa shape index (κ2) is 9.25. The Hall–Kier alpha value is -3.62. The lowest BCUT2D eigenvalue weighted by molar-refractivity contribution is -0.0512. The lowest BCUT2D eigenvalue weighted by atomic mass is 10.1. The van der Waals surface area contributed by atoms with Crippen molar-refractivity contribution in [2.45, 2.75) is 27.2 Å². The van der Waals surface area contributed by atoms with Crippen molar-refractivity contribution in [2.24, 2.45) is 0 Å². The average Bonchev–Trinajstić information content (AvgIpc) is 3.17. The molecule has 0 aliphatic carbocycles. The Balaban J connectivity index is 1.63. The van der Waals surface area contributed by atoms with Gasteiger partial charge in [0.05, 0.1) is 7.11 Å². The normalized spacial score (nSPS) is 10.7. The van der Waals surface area contributed by atoms with E-state index in [1.54, 1.807) is 12.3 Å². The molecule has 1 amide bonds. The van der Waals surface area contributed by atoms with E-state index in [2.05, 4.69) is 15.2 Å². The quantitative estimate of drug-likeness (QED) is 0.588. The number of carbonyl (C=O) groups is 1. The highest BCUT2D eigenvalue weighted by atomic mass is 19.3. The Labute approximate surface area is 172 Å². The van der Waals surface area contributed by atoms with Crippen molar-refractivity contribution in [2.75, 3.05) is 12.4 Å². The van der Waals surface area contributed by atoms with Crippen molar-refractivity contribution in [3.63, 3.8) is 0 Å². The molecule has 0 aliphatic heterocycles. The minimum absolute atomic E-state index is 0.0699. The van der Waals surface area contributed by atoms with E-state index in [9.17, 15) is 13.6 Å². The maximum Gasteiger partial charge on any atom is 0.387 e. The second-order valence-corrected chi connectivity index (χ2v) is 6.48. The SMILES string of the molecule is COc1cc(NC(=O)c2ccn(COc3ccc(C)cc3C)n2)ccc1OC(F)F. The molecule has 2 aromatic carbocycles. The van der Waals surface area contributed by atoms with Crippen LogP contribution in [0.4, 0.5) is 14.5 Å². The maximum absolute atomic E-state index is 12.4. The number of rotatable bonds is 8. The predicted molar refractivity (Wildman–Crippen MR) is 106 cm³/mol. The van der Waals surface area contributed by atoms with Crippen LogP contribution in [0.2, 0.25) is 0 Å². The van der Waals surface area contributed by atoms with Crippen LogP contribution in [-0.2, 0) is 6.73 Å². The standard InChI is InChI=1S/C21H21F2N3O4/c1-13-4-6-17(14(2)10-13)29-12-26-9-8-16(25-26)20(27)24-15-5-7-18(30-21(22)23)19(11-15)28-3/h4-11,21H,12H2,1-3H3,(H,24,27). The van der Waals surface area contributed by atoms with Crippen LogP contribution in [-0.4, -0.2) is 29.4 Å². The van der Waals surface area contributed by atoms with Gasteiger partial charge in [0.15, 0.2) is 23.9 Å². The lowest BCUT2D eigenvalue weighted by Gasteiger charge is -2.11. The Bertz CT molecular complexity index is 1040. The van der Waals surface area contributed by atoms with Crippen LogP contribution in [0.3, 0.4) is 0 Å². The van der Waals surface area contributed by atoms with Gasteiger partial charge in [0.25, 0.3) is 5.91 Å². The minimum atomic E-state index is -2.98. The topological polar surface area (TPSA) is 74.6 Å². The number of carbonyl (C=O) groups excluding carboxylic acids is 1. The van der Waals surface area contributed by atoms with Crippen molar-refractivity contribution in [3.05, 3.63) is 65.5 Å². The van der Waals surface area contributed by atoms with E-state index in [4.69, 9.17) is 9.47 Å². The van der Waals surface area contributed by atoms with Gasteiger partial charge in [-0.05, 0) is 43.7 Å². The van der Waals surface area contributed by atoms with Gasteiger partial charge in [0.2, 0.25) is 0 Å². The third kappa shape index (κ3) is 5.25. The summed E-state index contributed by atoms with van der Waals surface area (Å²) in [6.45, 7) is 1.12. The highest BCUT2D eigenvalue weighted by molar-refractivity contribution is 6.02. The molecule has 0 atom stereocenters. The van der Waals surface area contributed by atoms with Crippen LogP contribution in [0.5, 0.6) is 17.2 Å². The molecule has 0 bridgehead atoms. The summed E-state index contributed by atoms with van der Waals surface area (Å²) in [4.78, 5) is 12.4.